The van der Waals surface area contributed by atoms with Gasteiger partial charge in [0.05, 0.1) is 5.56 Å². The Kier molecular flexibility index (Phi) is 6.64. The maximum Gasteiger partial charge on any atom is 0.254 e. The molecule has 1 aromatic rings. The minimum absolute atomic E-state index is 0.291. The molecule has 2 heterocycles. The molecule has 3 heteroatoms. The van der Waals surface area contributed by atoms with E-state index in [4.69, 9.17) is 0 Å². The molecule has 1 saturated heterocycles. The molecule has 2 unspecified atom stereocenters. The predicted molar refractivity (Wildman–Crippen MR) is 121 cm³/mol. The van der Waals surface area contributed by atoms with E-state index in [0.29, 0.717) is 28.7 Å². The highest BCUT2D eigenvalue weighted by Gasteiger charge is 2.51. The lowest BCUT2D eigenvalue weighted by molar-refractivity contribution is 0.0708. The molecule has 2 nitrogen and oxygen atoms in total. The van der Waals surface area contributed by atoms with E-state index in [0.717, 1.165) is 24.4 Å². The van der Waals surface area contributed by atoms with E-state index in [9.17, 15) is 4.79 Å². The highest BCUT2D eigenvalue weighted by atomic mass is 32.1. The van der Waals surface area contributed by atoms with Crippen molar-refractivity contribution in [1.29, 1.82) is 0 Å². The van der Waals surface area contributed by atoms with Crippen LogP contribution in [0, 0.1) is 16.7 Å². The maximum atomic E-state index is 13.2. The van der Waals surface area contributed by atoms with Crippen molar-refractivity contribution in [2.45, 2.75) is 105 Å². The van der Waals surface area contributed by atoms with Crippen molar-refractivity contribution in [2.75, 3.05) is 6.54 Å². The lowest BCUT2D eigenvalue weighted by Gasteiger charge is -2.39. The summed E-state index contributed by atoms with van der Waals surface area (Å²) in [4.78, 5) is 16.8. The first-order chi connectivity index (χ1) is 13.1. The van der Waals surface area contributed by atoms with Crippen molar-refractivity contribution in [1.82, 2.24) is 4.90 Å². The molecular weight excluding hydrogens is 362 g/mol. The highest BCUT2D eigenvalue weighted by Crippen LogP contribution is 2.52. The first-order valence-electron chi connectivity index (χ1n) is 11.5. The summed E-state index contributed by atoms with van der Waals surface area (Å²) in [6.07, 6.45) is 10.3. The first-order valence-corrected chi connectivity index (χ1v) is 12.4. The third-order valence-corrected chi connectivity index (χ3v) is 7.65. The number of likely N-dealkylation sites (tertiary alicyclic amines) is 1. The van der Waals surface area contributed by atoms with Crippen LogP contribution in [-0.2, 0) is 0 Å². The van der Waals surface area contributed by atoms with Gasteiger partial charge in [0, 0.05) is 22.8 Å². The zero-order valence-corrected chi connectivity index (χ0v) is 19.8. The number of carbonyl (C=O) groups excluding carboxylic acids is 1. The summed E-state index contributed by atoms with van der Waals surface area (Å²) >= 11 is 1.82. The van der Waals surface area contributed by atoms with E-state index < -0.39 is 0 Å². The van der Waals surface area contributed by atoms with E-state index in [-0.39, 0.29) is 0 Å². The van der Waals surface area contributed by atoms with Crippen molar-refractivity contribution in [3.63, 3.8) is 0 Å². The lowest BCUT2D eigenvalue weighted by atomic mass is 9.65. The summed E-state index contributed by atoms with van der Waals surface area (Å²) in [7, 11) is 0. The molecule has 2 atom stereocenters. The van der Waals surface area contributed by atoms with Gasteiger partial charge in [0.15, 0.2) is 0 Å². The molecule has 2 saturated carbocycles. The van der Waals surface area contributed by atoms with Gasteiger partial charge in [0.2, 0.25) is 0 Å². The van der Waals surface area contributed by atoms with Crippen molar-refractivity contribution < 1.29 is 4.79 Å². The van der Waals surface area contributed by atoms with Gasteiger partial charge in [0.1, 0.15) is 0 Å². The number of nitrogens with zero attached hydrogens (tertiary/aromatic N) is 1. The van der Waals surface area contributed by atoms with Gasteiger partial charge in [-0.2, -0.15) is 0 Å². The number of thiophene rings is 1. The largest absolute Gasteiger partial charge is 0.335 e. The molecule has 1 aliphatic heterocycles. The third-order valence-electron chi connectivity index (χ3n) is 6.55. The summed E-state index contributed by atoms with van der Waals surface area (Å²) < 4.78 is 0. The third kappa shape index (κ3) is 5.20. The Morgan fingerprint density at radius 3 is 2.39 bits per heavy atom. The van der Waals surface area contributed by atoms with E-state index in [1.807, 2.05) is 11.3 Å². The van der Waals surface area contributed by atoms with Gasteiger partial charge in [-0.05, 0) is 60.8 Å². The van der Waals surface area contributed by atoms with Gasteiger partial charge in [-0.3, -0.25) is 4.79 Å². The molecule has 1 amide bonds. The Morgan fingerprint density at radius 2 is 1.75 bits per heavy atom. The molecule has 1 aromatic heterocycles. The van der Waals surface area contributed by atoms with Crippen LogP contribution < -0.4 is 0 Å². The lowest BCUT2D eigenvalue weighted by Crippen LogP contribution is -2.37. The second-order valence-corrected chi connectivity index (χ2v) is 12.4. The Bertz CT molecular complexity index is 667. The van der Waals surface area contributed by atoms with E-state index in [1.54, 1.807) is 0 Å². The van der Waals surface area contributed by atoms with Crippen molar-refractivity contribution >= 4 is 17.2 Å². The van der Waals surface area contributed by atoms with Crippen LogP contribution in [0.25, 0.3) is 0 Å². The molecule has 3 fully saturated rings. The smallest absolute Gasteiger partial charge is 0.254 e. The monoisotopic (exact) mass is 403 g/mol. The van der Waals surface area contributed by atoms with E-state index in [2.05, 4.69) is 57.9 Å². The summed E-state index contributed by atoms with van der Waals surface area (Å²) in [5, 5.41) is 2.13. The van der Waals surface area contributed by atoms with E-state index >= 15 is 0 Å². The van der Waals surface area contributed by atoms with Crippen LogP contribution in [0.1, 0.15) is 114 Å². The number of amides is 1. The maximum absolute atomic E-state index is 13.2. The molecule has 0 radical (unpaired) electrons. The van der Waals surface area contributed by atoms with Crippen LogP contribution >= 0.6 is 11.3 Å². The fraction of sp³-hybridized carbons (Fsp3) is 0.800. The van der Waals surface area contributed by atoms with Crippen LogP contribution in [-0.4, -0.2) is 23.4 Å². The van der Waals surface area contributed by atoms with Crippen LogP contribution in [0.4, 0.5) is 0 Å². The molecule has 0 N–H and O–H groups in total. The van der Waals surface area contributed by atoms with Crippen molar-refractivity contribution in [3.05, 3.63) is 21.9 Å². The summed E-state index contributed by atoms with van der Waals surface area (Å²) in [6, 6.07) is 2.67. The normalized spacial score (nSPS) is 29.5. The summed E-state index contributed by atoms with van der Waals surface area (Å²) in [5.41, 5.74) is 1.65. The molecule has 3 aliphatic rings. The second kappa shape index (κ2) is 8.50. The van der Waals surface area contributed by atoms with Gasteiger partial charge in [0.25, 0.3) is 5.91 Å². The minimum atomic E-state index is 0.291. The standard InChI is InChI=1S/C21H31NOS.C4H10/c1-20(2)10-17-11-21(3,13-20)14-22(17)19(23)16-9-18(24-12-16)15-7-5-4-6-8-15;1-4(2)3/h9,12,15,17H,4-8,10-11,13-14H2,1-3H3;4H,1-3H3. The molecule has 158 valence electrons. The van der Waals surface area contributed by atoms with E-state index in [1.165, 1.54) is 49.8 Å². The predicted octanol–water partition coefficient (Wildman–Crippen LogP) is 7.50. The van der Waals surface area contributed by atoms with Gasteiger partial charge >= 0.3 is 0 Å². The van der Waals surface area contributed by atoms with Crippen molar-refractivity contribution in [3.8, 4) is 0 Å². The summed E-state index contributed by atoms with van der Waals surface area (Å²) in [5.74, 6) is 1.83. The number of rotatable bonds is 2. The topological polar surface area (TPSA) is 20.3 Å². The SMILES string of the molecule is CC(C)C.CC1(C)CC2CC(C)(CN2C(=O)c2csc(C3CCCCC3)c2)C1. The van der Waals surface area contributed by atoms with Crippen LogP contribution in [0.15, 0.2) is 11.4 Å². The molecule has 2 bridgehead atoms. The molecule has 2 aliphatic carbocycles. The first kappa shape index (κ1) is 21.9. The number of carbonyl (C=O) groups is 1. The summed E-state index contributed by atoms with van der Waals surface area (Å²) in [6.45, 7) is 14.6. The van der Waals surface area contributed by atoms with Gasteiger partial charge < -0.3 is 4.90 Å². The van der Waals surface area contributed by atoms with Crippen molar-refractivity contribution in [2.24, 2.45) is 16.7 Å². The molecule has 0 spiro atoms. The zero-order chi connectivity index (χ0) is 20.5. The number of fused-ring (bicyclic) bond motifs is 2. The van der Waals surface area contributed by atoms with Crippen LogP contribution in [0.2, 0.25) is 0 Å². The van der Waals surface area contributed by atoms with Gasteiger partial charge in [-0.1, -0.05) is 60.8 Å². The van der Waals surface area contributed by atoms with Gasteiger partial charge in [-0.15, -0.1) is 11.3 Å². The average Bonchev–Trinajstić information content (AvgIpc) is 3.16. The molecular formula is C25H41NOS. The quantitative estimate of drug-likeness (QED) is 0.500. The Balaban J connectivity index is 0.000000516. The fourth-order valence-electron chi connectivity index (χ4n) is 5.93. The van der Waals surface area contributed by atoms with Crippen LogP contribution in [0.3, 0.4) is 0 Å². The Morgan fingerprint density at radius 1 is 1.11 bits per heavy atom. The highest BCUT2D eigenvalue weighted by molar-refractivity contribution is 7.10. The Hall–Kier alpha value is -0.830. The molecule has 0 aromatic carbocycles. The fourth-order valence-corrected chi connectivity index (χ4v) is 6.98. The number of hydrogen-bond acceptors (Lipinski definition) is 2. The second-order valence-electron chi connectivity index (χ2n) is 11.5. The minimum Gasteiger partial charge on any atom is -0.335 e. The zero-order valence-electron chi connectivity index (χ0n) is 19.0. The van der Waals surface area contributed by atoms with Crippen LogP contribution in [0.5, 0.6) is 0 Å². The molecule has 28 heavy (non-hydrogen) atoms. The average molecular weight is 404 g/mol. The number of hydrogen-bond donors (Lipinski definition) is 0. The molecule has 4 rings (SSSR count). The Labute approximate surface area is 177 Å². The van der Waals surface area contributed by atoms with Gasteiger partial charge in [-0.25, -0.2) is 0 Å².